The number of carbonyl (C=O) groups is 2. The van der Waals surface area contributed by atoms with Crippen molar-refractivity contribution in [3.63, 3.8) is 0 Å². The van der Waals surface area contributed by atoms with Crippen molar-refractivity contribution in [2.45, 2.75) is 38.3 Å². The van der Waals surface area contributed by atoms with E-state index in [1.165, 1.54) is 6.07 Å². The Kier molecular flexibility index (Phi) is 4.11. The Bertz CT molecular complexity index is 684. The molecule has 0 aromatic carbocycles. The quantitative estimate of drug-likeness (QED) is 0.881. The summed E-state index contributed by atoms with van der Waals surface area (Å²) in [4.78, 5) is 37.6. The minimum absolute atomic E-state index is 0.139. The van der Waals surface area contributed by atoms with Gasteiger partial charge in [-0.25, -0.2) is 4.79 Å². The third-order valence-corrected chi connectivity index (χ3v) is 4.63. The normalized spacial score (nSPS) is 24.2. The van der Waals surface area contributed by atoms with Crippen LogP contribution in [0.1, 0.15) is 36.5 Å². The summed E-state index contributed by atoms with van der Waals surface area (Å²) < 4.78 is 6.97. The largest absolute Gasteiger partial charge is 0.441 e. The highest BCUT2D eigenvalue weighted by atomic mass is 16.6. The van der Waals surface area contributed by atoms with Gasteiger partial charge in [0.25, 0.3) is 11.5 Å². The van der Waals surface area contributed by atoms with Crippen molar-refractivity contribution in [1.29, 1.82) is 0 Å². The Labute approximate surface area is 134 Å². The van der Waals surface area contributed by atoms with Gasteiger partial charge in [0, 0.05) is 43.9 Å². The standard InChI is InChI=1S/C16H21N3O4/c1-2-18-8-4-12(10-13(18)20)14(21)19-7-3-5-16(6-9-19)11-17-15(22)23-16/h4,8,10H,2-3,5-7,9,11H2,1H3,(H,17,22)/t16-/m0/s1. The van der Waals surface area contributed by atoms with Gasteiger partial charge in [-0.1, -0.05) is 0 Å². The van der Waals surface area contributed by atoms with Gasteiger partial charge in [-0.05, 0) is 25.8 Å². The molecule has 1 aromatic rings. The summed E-state index contributed by atoms with van der Waals surface area (Å²) in [6, 6.07) is 3.08. The maximum atomic E-state index is 12.6. The van der Waals surface area contributed by atoms with Gasteiger partial charge in [-0.15, -0.1) is 0 Å². The summed E-state index contributed by atoms with van der Waals surface area (Å²) in [6.07, 6.45) is 3.40. The fraction of sp³-hybridized carbons (Fsp3) is 0.562. The van der Waals surface area contributed by atoms with E-state index in [9.17, 15) is 14.4 Å². The third kappa shape index (κ3) is 3.09. The molecule has 1 N–H and O–H groups in total. The maximum Gasteiger partial charge on any atom is 0.407 e. The van der Waals surface area contributed by atoms with Gasteiger partial charge in [-0.3, -0.25) is 9.59 Å². The molecule has 2 fully saturated rings. The smallest absolute Gasteiger partial charge is 0.407 e. The average Bonchev–Trinajstić information content (AvgIpc) is 2.78. The minimum atomic E-state index is -0.488. The summed E-state index contributed by atoms with van der Waals surface area (Å²) in [6.45, 7) is 4.09. The van der Waals surface area contributed by atoms with Crippen molar-refractivity contribution in [2.75, 3.05) is 19.6 Å². The van der Waals surface area contributed by atoms with Gasteiger partial charge < -0.3 is 19.5 Å². The van der Waals surface area contributed by atoms with Crippen LogP contribution in [-0.2, 0) is 11.3 Å². The Balaban J connectivity index is 1.72. The molecular weight excluding hydrogens is 298 g/mol. The molecule has 124 valence electrons. The van der Waals surface area contributed by atoms with E-state index in [0.717, 1.165) is 12.8 Å². The van der Waals surface area contributed by atoms with Crippen molar-refractivity contribution in [3.05, 3.63) is 34.2 Å². The van der Waals surface area contributed by atoms with Crippen molar-refractivity contribution in [1.82, 2.24) is 14.8 Å². The molecule has 7 nitrogen and oxygen atoms in total. The molecule has 0 bridgehead atoms. The van der Waals surface area contributed by atoms with Crippen LogP contribution in [0.2, 0.25) is 0 Å². The molecule has 0 aliphatic carbocycles. The number of aryl methyl sites for hydroxylation is 1. The lowest BCUT2D eigenvalue weighted by Crippen LogP contribution is -2.37. The van der Waals surface area contributed by atoms with Crippen LogP contribution in [0.4, 0.5) is 4.79 Å². The molecule has 1 spiro atoms. The Morgan fingerprint density at radius 3 is 2.83 bits per heavy atom. The van der Waals surface area contributed by atoms with Crippen LogP contribution in [-0.4, -0.2) is 46.7 Å². The number of nitrogens with zero attached hydrogens (tertiary/aromatic N) is 2. The molecule has 0 radical (unpaired) electrons. The number of ether oxygens (including phenoxy) is 1. The molecule has 1 atom stereocenters. The highest BCUT2D eigenvalue weighted by Crippen LogP contribution is 2.29. The van der Waals surface area contributed by atoms with E-state index in [-0.39, 0.29) is 17.6 Å². The summed E-state index contributed by atoms with van der Waals surface area (Å²) >= 11 is 0. The van der Waals surface area contributed by atoms with E-state index in [1.54, 1.807) is 21.7 Å². The topological polar surface area (TPSA) is 80.6 Å². The number of nitrogens with one attached hydrogen (secondary N) is 1. The molecule has 7 heteroatoms. The number of rotatable bonds is 2. The van der Waals surface area contributed by atoms with Gasteiger partial charge in [0.05, 0.1) is 6.54 Å². The zero-order valence-electron chi connectivity index (χ0n) is 13.2. The summed E-state index contributed by atoms with van der Waals surface area (Å²) in [5.74, 6) is -0.139. The van der Waals surface area contributed by atoms with Crippen molar-refractivity contribution >= 4 is 12.0 Å². The number of likely N-dealkylation sites (tertiary alicyclic amines) is 1. The average molecular weight is 319 g/mol. The van der Waals surface area contributed by atoms with Gasteiger partial charge >= 0.3 is 6.09 Å². The van der Waals surface area contributed by atoms with E-state index in [1.807, 2.05) is 6.92 Å². The van der Waals surface area contributed by atoms with Crippen LogP contribution in [0.5, 0.6) is 0 Å². The van der Waals surface area contributed by atoms with Crippen LogP contribution in [0, 0.1) is 0 Å². The molecule has 0 unspecified atom stereocenters. The molecule has 2 aliphatic rings. The van der Waals surface area contributed by atoms with Crippen LogP contribution in [0.25, 0.3) is 0 Å². The van der Waals surface area contributed by atoms with Gasteiger partial charge in [0.2, 0.25) is 0 Å². The second-order valence-corrected chi connectivity index (χ2v) is 6.11. The number of pyridine rings is 1. The van der Waals surface area contributed by atoms with Crippen molar-refractivity contribution in [2.24, 2.45) is 0 Å². The van der Waals surface area contributed by atoms with E-state index >= 15 is 0 Å². The number of hydrogen-bond acceptors (Lipinski definition) is 4. The molecule has 0 saturated carbocycles. The number of hydrogen-bond donors (Lipinski definition) is 1. The van der Waals surface area contributed by atoms with Gasteiger partial charge in [0.1, 0.15) is 5.60 Å². The minimum Gasteiger partial charge on any atom is -0.441 e. The molecule has 2 saturated heterocycles. The molecule has 23 heavy (non-hydrogen) atoms. The van der Waals surface area contributed by atoms with Gasteiger partial charge in [-0.2, -0.15) is 0 Å². The van der Waals surface area contributed by atoms with Crippen LogP contribution in [0.3, 0.4) is 0 Å². The lowest BCUT2D eigenvalue weighted by atomic mass is 9.95. The number of carbonyl (C=O) groups excluding carboxylic acids is 2. The zero-order valence-corrected chi connectivity index (χ0v) is 13.2. The molecular formula is C16H21N3O4. The fourth-order valence-corrected chi connectivity index (χ4v) is 3.24. The van der Waals surface area contributed by atoms with Crippen molar-refractivity contribution in [3.8, 4) is 0 Å². The monoisotopic (exact) mass is 319 g/mol. The molecule has 2 aliphatic heterocycles. The predicted molar refractivity (Wildman–Crippen MR) is 83.3 cm³/mol. The third-order valence-electron chi connectivity index (χ3n) is 4.63. The first-order valence-electron chi connectivity index (χ1n) is 8.00. The maximum absolute atomic E-state index is 12.6. The highest BCUT2D eigenvalue weighted by Gasteiger charge is 2.41. The van der Waals surface area contributed by atoms with Crippen LogP contribution < -0.4 is 10.9 Å². The lowest BCUT2D eigenvalue weighted by molar-refractivity contribution is 0.0438. The van der Waals surface area contributed by atoms with Crippen molar-refractivity contribution < 1.29 is 14.3 Å². The number of aromatic nitrogens is 1. The second kappa shape index (κ2) is 6.06. The van der Waals surface area contributed by atoms with Gasteiger partial charge in [0.15, 0.2) is 0 Å². The number of alkyl carbamates (subject to hydrolysis) is 1. The van der Waals surface area contributed by atoms with E-state index in [2.05, 4.69) is 5.32 Å². The van der Waals surface area contributed by atoms with Crippen LogP contribution in [0.15, 0.2) is 23.1 Å². The van der Waals surface area contributed by atoms with Crippen LogP contribution >= 0.6 is 0 Å². The molecule has 1 aromatic heterocycles. The molecule has 3 heterocycles. The Morgan fingerprint density at radius 2 is 2.17 bits per heavy atom. The summed E-state index contributed by atoms with van der Waals surface area (Å²) in [5.41, 5.74) is -0.242. The highest BCUT2D eigenvalue weighted by molar-refractivity contribution is 5.94. The zero-order chi connectivity index (χ0) is 16.4. The SMILES string of the molecule is CCn1ccc(C(=O)N2CCC[C@]3(CC2)CNC(=O)O3)cc1=O. The van der Waals surface area contributed by atoms with E-state index < -0.39 is 5.60 Å². The first-order valence-corrected chi connectivity index (χ1v) is 8.00. The molecule has 3 rings (SSSR count). The lowest BCUT2D eigenvalue weighted by Gasteiger charge is -2.25. The second-order valence-electron chi connectivity index (χ2n) is 6.11. The summed E-state index contributed by atoms with van der Waals surface area (Å²) in [7, 11) is 0. The summed E-state index contributed by atoms with van der Waals surface area (Å²) in [5, 5.41) is 2.70. The Hall–Kier alpha value is -2.31. The van der Waals surface area contributed by atoms with E-state index in [0.29, 0.717) is 38.2 Å². The molecule has 2 amide bonds. The van der Waals surface area contributed by atoms with E-state index in [4.69, 9.17) is 4.74 Å². The fourth-order valence-electron chi connectivity index (χ4n) is 3.24. The predicted octanol–water partition coefficient (Wildman–Crippen LogP) is 0.973. The number of amides is 2. The first-order chi connectivity index (χ1) is 11.0. The Morgan fingerprint density at radius 1 is 1.35 bits per heavy atom. The first kappa shape index (κ1) is 15.6.